The number of nitrogens with zero attached hydrogens (tertiary/aromatic N) is 1. The van der Waals surface area contributed by atoms with Gasteiger partial charge in [0.25, 0.3) is 0 Å². The van der Waals surface area contributed by atoms with E-state index in [2.05, 4.69) is 55.4 Å². The summed E-state index contributed by atoms with van der Waals surface area (Å²) < 4.78 is 1.00. The van der Waals surface area contributed by atoms with Crippen molar-refractivity contribution in [2.45, 2.75) is 34.1 Å². The highest BCUT2D eigenvalue weighted by Gasteiger charge is 2.23. The number of hydrogen-bond acceptors (Lipinski definition) is 2. The highest BCUT2D eigenvalue weighted by atomic mass is 127. The Morgan fingerprint density at radius 3 is 2.27 bits per heavy atom. The topological polar surface area (TPSA) is 38.4 Å². The van der Waals surface area contributed by atoms with Crippen molar-refractivity contribution in [3.63, 3.8) is 0 Å². The second kappa shape index (κ2) is 4.28. The zero-order chi connectivity index (χ0) is 9.07. The molecule has 0 unspecified atom stereocenters. The zero-order valence-electron chi connectivity index (χ0n) is 7.69. The molecule has 0 aromatic heterocycles. The van der Waals surface area contributed by atoms with Crippen LogP contribution in [0.2, 0.25) is 0 Å². The first-order valence-corrected chi connectivity index (χ1v) is 4.92. The van der Waals surface area contributed by atoms with Crippen molar-refractivity contribution in [3.8, 4) is 0 Å². The summed E-state index contributed by atoms with van der Waals surface area (Å²) in [5.41, 5.74) is 0.142. The van der Waals surface area contributed by atoms with Crippen LogP contribution in [0.15, 0.2) is 5.10 Å². The van der Waals surface area contributed by atoms with E-state index < -0.39 is 0 Å². The smallest absolute Gasteiger partial charge is 0.104 e. The van der Waals surface area contributed by atoms with Crippen LogP contribution in [0, 0.1) is 11.3 Å². The van der Waals surface area contributed by atoms with E-state index in [0.29, 0.717) is 5.92 Å². The molecule has 0 atom stereocenters. The lowest BCUT2D eigenvalue weighted by Gasteiger charge is -2.24. The Bertz CT molecular complexity index is 150. The summed E-state index contributed by atoms with van der Waals surface area (Å²) in [4.78, 5) is 0. The Morgan fingerprint density at radius 2 is 2.00 bits per heavy atom. The van der Waals surface area contributed by atoms with Gasteiger partial charge >= 0.3 is 0 Å². The summed E-state index contributed by atoms with van der Waals surface area (Å²) in [5.74, 6) is 5.91. The molecule has 2 N–H and O–H groups in total. The SMILES string of the molecule is CC(C)CC(C)(C)C(I)=NN. The van der Waals surface area contributed by atoms with Gasteiger partial charge in [-0.25, -0.2) is 0 Å². The van der Waals surface area contributed by atoms with Crippen LogP contribution in [0.5, 0.6) is 0 Å². The van der Waals surface area contributed by atoms with Crippen molar-refractivity contribution >= 4 is 26.3 Å². The molecule has 0 amide bonds. The molecule has 0 aromatic carbocycles. The van der Waals surface area contributed by atoms with E-state index in [0.717, 1.165) is 10.1 Å². The van der Waals surface area contributed by atoms with Gasteiger partial charge in [-0.15, -0.1) is 0 Å². The molecule has 2 nitrogen and oxygen atoms in total. The Balaban J connectivity index is 4.22. The van der Waals surface area contributed by atoms with E-state index in [9.17, 15) is 0 Å². The molecule has 11 heavy (non-hydrogen) atoms. The predicted octanol–water partition coefficient (Wildman–Crippen LogP) is 2.77. The first kappa shape index (κ1) is 11.2. The second-order valence-electron chi connectivity index (χ2n) is 3.90. The minimum atomic E-state index is 0.142. The molecule has 0 saturated carbocycles. The fraction of sp³-hybridized carbons (Fsp3) is 0.875. The maximum Gasteiger partial charge on any atom is 0.104 e. The van der Waals surface area contributed by atoms with Gasteiger partial charge in [0.2, 0.25) is 0 Å². The van der Waals surface area contributed by atoms with Crippen LogP contribution in [0.1, 0.15) is 34.1 Å². The molecule has 0 spiro atoms. The fourth-order valence-electron chi connectivity index (χ4n) is 1.28. The van der Waals surface area contributed by atoms with Gasteiger partial charge in [0.15, 0.2) is 0 Å². The van der Waals surface area contributed by atoms with Crippen molar-refractivity contribution in [2.24, 2.45) is 22.3 Å². The summed E-state index contributed by atoms with van der Waals surface area (Å²) in [6.45, 7) is 8.76. The minimum Gasteiger partial charge on any atom is -0.323 e. The molecule has 0 aliphatic rings. The molecular weight excluding hydrogens is 251 g/mol. The highest BCUT2D eigenvalue weighted by molar-refractivity contribution is 14.1. The number of hydrogen-bond donors (Lipinski definition) is 1. The number of nitrogens with two attached hydrogens (primary N) is 1. The van der Waals surface area contributed by atoms with Crippen LogP contribution < -0.4 is 5.84 Å². The molecule has 66 valence electrons. The lowest BCUT2D eigenvalue weighted by molar-refractivity contribution is 0.400. The molecule has 0 rings (SSSR count). The number of rotatable bonds is 3. The quantitative estimate of drug-likeness (QED) is 0.363. The molecule has 0 heterocycles. The Hall–Kier alpha value is 0.200. The van der Waals surface area contributed by atoms with Gasteiger partial charge in [0, 0.05) is 5.41 Å². The molecule has 0 aliphatic carbocycles. The van der Waals surface area contributed by atoms with Crippen LogP contribution in [0.25, 0.3) is 0 Å². The average Bonchev–Trinajstić information content (AvgIpc) is 1.83. The maximum atomic E-state index is 5.21. The molecule has 0 radical (unpaired) electrons. The summed E-state index contributed by atoms with van der Waals surface area (Å²) in [7, 11) is 0. The number of hydrazone groups is 1. The lowest BCUT2D eigenvalue weighted by Crippen LogP contribution is -2.22. The molecule has 3 heteroatoms. The molecule has 0 aliphatic heterocycles. The lowest BCUT2D eigenvalue weighted by atomic mass is 9.85. The van der Waals surface area contributed by atoms with E-state index in [-0.39, 0.29) is 5.41 Å². The summed E-state index contributed by atoms with van der Waals surface area (Å²) in [5, 5.41) is 3.72. The zero-order valence-corrected chi connectivity index (χ0v) is 9.84. The largest absolute Gasteiger partial charge is 0.323 e. The fourth-order valence-corrected chi connectivity index (χ4v) is 1.50. The predicted molar refractivity (Wildman–Crippen MR) is 58.9 cm³/mol. The third-order valence-electron chi connectivity index (χ3n) is 1.59. The van der Waals surface area contributed by atoms with Crippen LogP contribution in [0.3, 0.4) is 0 Å². The van der Waals surface area contributed by atoms with E-state index in [1.807, 2.05) is 0 Å². The molecule has 0 aromatic rings. The molecular formula is C8H17IN2. The van der Waals surface area contributed by atoms with Gasteiger partial charge in [0.05, 0.1) is 0 Å². The second-order valence-corrected chi connectivity index (χ2v) is 4.92. The molecule has 0 fully saturated rings. The van der Waals surface area contributed by atoms with E-state index in [4.69, 9.17) is 5.84 Å². The number of halogens is 1. The van der Waals surface area contributed by atoms with Gasteiger partial charge < -0.3 is 5.84 Å². The third-order valence-corrected chi connectivity index (χ3v) is 3.33. The van der Waals surface area contributed by atoms with Crippen molar-refractivity contribution in [1.29, 1.82) is 0 Å². The third kappa shape index (κ3) is 3.94. The van der Waals surface area contributed by atoms with E-state index in [1.165, 1.54) is 0 Å². The molecule has 0 bridgehead atoms. The average molecular weight is 268 g/mol. The van der Waals surface area contributed by atoms with Crippen LogP contribution in [-0.4, -0.2) is 3.72 Å². The van der Waals surface area contributed by atoms with Gasteiger partial charge in [0.1, 0.15) is 3.72 Å². The van der Waals surface area contributed by atoms with E-state index >= 15 is 0 Å². The molecule has 0 saturated heterocycles. The van der Waals surface area contributed by atoms with Gasteiger partial charge in [-0.3, -0.25) is 0 Å². The minimum absolute atomic E-state index is 0.142. The van der Waals surface area contributed by atoms with Crippen LogP contribution in [-0.2, 0) is 0 Å². The summed E-state index contributed by atoms with van der Waals surface area (Å²) >= 11 is 2.21. The van der Waals surface area contributed by atoms with Crippen molar-refractivity contribution < 1.29 is 0 Å². The van der Waals surface area contributed by atoms with E-state index in [1.54, 1.807) is 0 Å². The Labute approximate surface area is 82.8 Å². The van der Waals surface area contributed by atoms with Gasteiger partial charge in [-0.05, 0) is 34.9 Å². The standard InChI is InChI=1S/C8H17IN2/c1-6(2)5-8(3,4)7(9)11-10/h6H,5,10H2,1-4H3. The van der Waals surface area contributed by atoms with Crippen molar-refractivity contribution in [3.05, 3.63) is 0 Å². The van der Waals surface area contributed by atoms with Crippen molar-refractivity contribution in [2.75, 3.05) is 0 Å². The highest BCUT2D eigenvalue weighted by Crippen LogP contribution is 2.29. The van der Waals surface area contributed by atoms with Gasteiger partial charge in [-0.1, -0.05) is 27.7 Å². The maximum absolute atomic E-state index is 5.21. The van der Waals surface area contributed by atoms with Gasteiger partial charge in [-0.2, -0.15) is 5.10 Å². The first-order valence-electron chi connectivity index (χ1n) is 3.84. The summed E-state index contributed by atoms with van der Waals surface area (Å²) in [6, 6.07) is 0. The normalized spacial score (nSPS) is 14.2. The monoisotopic (exact) mass is 268 g/mol. The summed E-state index contributed by atoms with van der Waals surface area (Å²) in [6.07, 6.45) is 1.13. The van der Waals surface area contributed by atoms with Crippen LogP contribution in [0.4, 0.5) is 0 Å². The van der Waals surface area contributed by atoms with Crippen LogP contribution >= 0.6 is 22.6 Å². The first-order chi connectivity index (χ1) is 4.90. The Morgan fingerprint density at radius 1 is 1.55 bits per heavy atom. The Kier molecular flexibility index (Phi) is 4.36. The van der Waals surface area contributed by atoms with Crippen molar-refractivity contribution in [1.82, 2.24) is 0 Å².